The van der Waals surface area contributed by atoms with E-state index in [9.17, 15) is 9.59 Å². The summed E-state index contributed by atoms with van der Waals surface area (Å²) in [5, 5.41) is 2.06. The van der Waals surface area contributed by atoms with Crippen molar-refractivity contribution in [1.29, 1.82) is 0 Å². The molecule has 3 heterocycles. The lowest BCUT2D eigenvalue weighted by atomic mass is 10.1. The van der Waals surface area contributed by atoms with E-state index in [-0.39, 0.29) is 25.2 Å². The summed E-state index contributed by atoms with van der Waals surface area (Å²) in [6, 6.07) is 18.0. The molecule has 2 amide bonds. The van der Waals surface area contributed by atoms with E-state index < -0.39 is 0 Å². The van der Waals surface area contributed by atoms with Gasteiger partial charge in [-0.25, -0.2) is 0 Å². The van der Waals surface area contributed by atoms with Crippen LogP contribution in [0.5, 0.6) is 11.5 Å². The Bertz CT molecular complexity index is 1260. The van der Waals surface area contributed by atoms with Gasteiger partial charge >= 0.3 is 0 Å². The molecule has 1 aromatic heterocycles. The highest BCUT2D eigenvalue weighted by molar-refractivity contribution is 7.10. The van der Waals surface area contributed by atoms with Crippen molar-refractivity contribution in [2.45, 2.75) is 45.7 Å². The standard InChI is InChI=1S/C31H37N3O4S/c1-24-13-18-39-29(24)21-34(20-26-9-11-27-28(19-26)38-23-37-27)31(36)22-33(17-16-32-14-5-6-15-32)30(35)12-10-25-7-3-2-4-8-25/h2-4,7-9,11,13,18-19H,5-6,10,12,14-17,20-23H2,1H3. The molecule has 0 N–H and O–H groups in total. The molecule has 0 bridgehead atoms. The van der Waals surface area contributed by atoms with E-state index in [0.717, 1.165) is 41.4 Å². The molecule has 2 aliphatic rings. The first kappa shape index (κ1) is 27.2. The van der Waals surface area contributed by atoms with E-state index in [1.165, 1.54) is 18.4 Å². The number of rotatable bonds is 12. The highest BCUT2D eigenvalue weighted by atomic mass is 32.1. The van der Waals surface area contributed by atoms with E-state index in [1.807, 2.05) is 53.4 Å². The summed E-state index contributed by atoms with van der Waals surface area (Å²) >= 11 is 1.66. The normalized spacial score (nSPS) is 14.5. The van der Waals surface area contributed by atoms with Gasteiger partial charge < -0.3 is 24.2 Å². The first-order valence-corrected chi connectivity index (χ1v) is 14.7. The monoisotopic (exact) mass is 547 g/mol. The van der Waals surface area contributed by atoms with Crippen LogP contribution in [0.3, 0.4) is 0 Å². The minimum atomic E-state index is -0.0463. The summed E-state index contributed by atoms with van der Waals surface area (Å²) in [5.74, 6) is 1.41. The van der Waals surface area contributed by atoms with Crippen LogP contribution in [-0.4, -0.2) is 66.0 Å². The second kappa shape index (κ2) is 13.1. The van der Waals surface area contributed by atoms with E-state index >= 15 is 0 Å². The van der Waals surface area contributed by atoms with Crippen LogP contribution in [0.4, 0.5) is 0 Å². The van der Waals surface area contributed by atoms with Crippen LogP contribution < -0.4 is 9.47 Å². The Balaban J connectivity index is 1.30. The van der Waals surface area contributed by atoms with Crippen LogP contribution in [0, 0.1) is 6.92 Å². The van der Waals surface area contributed by atoms with Crippen molar-refractivity contribution in [3.05, 3.63) is 81.5 Å². The van der Waals surface area contributed by atoms with Gasteiger partial charge in [0.2, 0.25) is 18.6 Å². The van der Waals surface area contributed by atoms with E-state index in [1.54, 1.807) is 16.2 Å². The molecule has 1 fully saturated rings. The number of likely N-dealkylation sites (tertiary alicyclic amines) is 1. The van der Waals surface area contributed by atoms with Crippen molar-refractivity contribution in [1.82, 2.24) is 14.7 Å². The van der Waals surface area contributed by atoms with Crippen molar-refractivity contribution in [3.63, 3.8) is 0 Å². The van der Waals surface area contributed by atoms with Crippen LogP contribution >= 0.6 is 11.3 Å². The molecule has 0 aliphatic carbocycles. The molecule has 0 spiro atoms. The predicted octanol–water partition coefficient (Wildman–Crippen LogP) is 4.87. The van der Waals surface area contributed by atoms with Gasteiger partial charge in [0, 0.05) is 30.9 Å². The second-order valence-corrected chi connectivity index (χ2v) is 11.3. The van der Waals surface area contributed by atoms with Gasteiger partial charge in [-0.2, -0.15) is 0 Å². The summed E-state index contributed by atoms with van der Waals surface area (Å²) in [6.45, 7) is 6.81. The van der Waals surface area contributed by atoms with Crippen molar-refractivity contribution >= 4 is 23.2 Å². The van der Waals surface area contributed by atoms with Gasteiger partial charge in [0.05, 0.1) is 13.1 Å². The number of fused-ring (bicyclic) bond motifs is 1. The van der Waals surface area contributed by atoms with Gasteiger partial charge in [0.1, 0.15) is 0 Å². The first-order chi connectivity index (χ1) is 19.0. The van der Waals surface area contributed by atoms with Crippen molar-refractivity contribution in [2.75, 3.05) is 39.5 Å². The SMILES string of the molecule is Cc1ccsc1CN(Cc1ccc2c(c1)OCO2)C(=O)CN(CCN1CCCC1)C(=O)CCc1ccccc1. The number of hydrogen-bond acceptors (Lipinski definition) is 6. The van der Waals surface area contributed by atoms with Gasteiger partial charge in [-0.1, -0.05) is 36.4 Å². The highest BCUT2D eigenvalue weighted by Gasteiger charge is 2.24. The molecule has 206 valence electrons. The molecule has 0 saturated carbocycles. The lowest BCUT2D eigenvalue weighted by Gasteiger charge is -2.29. The van der Waals surface area contributed by atoms with Crippen molar-refractivity contribution < 1.29 is 19.1 Å². The maximum Gasteiger partial charge on any atom is 0.242 e. The van der Waals surface area contributed by atoms with Crippen LogP contribution in [0.1, 0.15) is 40.8 Å². The highest BCUT2D eigenvalue weighted by Crippen LogP contribution is 2.33. The molecule has 0 unspecified atom stereocenters. The maximum absolute atomic E-state index is 13.9. The number of aryl methyl sites for hydroxylation is 2. The van der Waals surface area contributed by atoms with Gasteiger partial charge in [-0.05, 0) is 79.5 Å². The van der Waals surface area contributed by atoms with Crippen molar-refractivity contribution in [2.24, 2.45) is 0 Å². The molecular formula is C31H37N3O4S. The molecule has 2 aromatic carbocycles. The molecule has 0 radical (unpaired) electrons. The summed E-state index contributed by atoms with van der Waals surface area (Å²) in [5.41, 5.74) is 3.28. The molecule has 8 heteroatoms. The Labute approximate surface area is 234 Å². The zero-order valence-electron chi connectivity index (χ0n) is 22.6. The summed E-state index contributed by atoms with van der Waals surface area (Å²) in [4.78, 5) is 34.5. The largest absolute Gasteiger partial charge is 0.454 e. The Morgan fingerprint density at radius 2 is 1.69 bits per heavy atom. The molecular weight excluding hydrogens is 510 g/mol. The third-order valence-corrected chi connectivity index (χ3v) is 8.51. The third kappa shape index (κ3) is 7.40. The third-order valence-electron chi connectivity index (χ3n) is 7.50. The van der Waals surface area contributed by atoms with Crippen LogP contribution in [-0.2, 0) is 29.1 Å². The number of carbonyl (C=O) groups excluding carboxylic acids is 2. The van der Waals surface area contributed by atoms with Gasteiger partial charge in [-0.3, -0.25) is 9.59 Å². The molecule has 5 rings (SSSR count). The van der Waals surface area contributed by atoms with Gasteiger partial charge in [0.15, 0.2) is 11.5 Å². The lowest BCUT2D eigenvalue weighted by Crippen LogP contribution is -2.45. The minimum Gasteiger partial charge on any atom is -0.454 e. The van der Waals surface area contributed by atoms with E-state index in [0.29, 0.717) is 38.2 Å². The zero-order chi connectivity index (χ0) is 27.0. The van der Waals surface area contributed by atoms with E-state index in [2.05, 4.69) is 23.3 Å². The first-order valence-electron chi connectivity index (χ1n) is 13.8. The fourth-order valence-corrected chi connectivity index (χ4v) is 6.03. The van der Waals surface area contributed by atoms with Crippen LogP contribution in [0.25, 0.3) is 0 Å². The number of benzene rings is 2. The molecule has 1 saturated heterocycles. The second-order valence-electron chi connectivity index (χ2n) is 10.3. The quantitative estimate of drug-likeness (QED) is 0.324. The number of nitrogens with zero attached hydrogens (tertiary/aromatic N) is 3. The lowest BCUT2D eigenvalue weighted by molar-refractivity contribution is -0.141. The smallest absolute Gasteiger partial charge is 0.242 e. The van der Waals surface area contributed by atoms with E-state index in [4.69, 9.17) is 9.47 Å². The van der Waals surface area contributed by atoms with Gasteiger partial charge in [0.25, 0.3) is 0 Å². The zero-order valence-corrected chi connectivity index (χ0v) is 23.5. The molecule has 0 atom stereocenters. The molecule has 39 heavy (non-hydrogen) atoms. The summed E-state index contributed by atoms with van der Waals surface area (Å²) < 4.78 is 11.0. The number of hydrogen-bond donors (Lipinski definition) is 0. The Morgan fingerprint density at radius 3 is 2.46 bits per heavy atom. The average Bonchev–Trinajstić information content (AvgIpc) is 3.72. The summed E-state index contributed by atoms with van der Waals surface area (Å²) in [6.07, 6.45) is 3.46. The van der Waals surface area contributed by atoms with Crippen LogP contribution in [0.2, 0.25) is 0 Å². The fraction of sp³-hybridized carbons (Fsp3) is 0.419. The molecule has 2 aliphatic heterocycles. The minimum absolute atomic E-state index is 0.0294. The average molecular weight is 548 g/mol. The van der Waals surface area contributed by atoms with Crippen molar-refractivity contribution in [3.8, 4) is 11.5 Å². The number of amides is 2. The number of ether oxygens (including phenoxy) is 2. The Hall–Kier alpha value is -3.36. The topological polar surface area (TPSA) is 62.3 Å². The molecule has 7 nitrogen and oxygen atoms in total. The Kier molecular flexibility index (Phi) is 9.16. The summed E-state index contributed by atoms with van der Waals surface area (Å²) in [7, 11) is 0. The Morgan fingerprint density at radius 1 is 0.897 bits per heavy atom. The maximum atomic E-state index is 13.9. The number of thiophene rings is 1. The fourth-order valence-electron chi connectivity index (χ4n) is 5.11. The van der Waals surface area contributed by atoms with Gasteiger partial charge in [-0.15, -0.1) is 11.3 Å². The predicted molar refractivity (Wildman–Crippen MR) is 153 cm³/mol. The van der Waals surface area contributed by atoms with Crippen LogP contribution in [0.15, 0.2) is 60.0 Å². The molecule has 3 aromatic rings. The number of carbonyl (C=O) groups is 2.